The van der Waals surface area contributed by atoms with Gasteiger partial charge < -0.3 is 0 Å². The van der Waals surface area contributed by atoms with Gasteiger partial charge in [-0.2, -0.15) is 5.10 Å². The summed E-state index contributed by atoms with van der Waals surface area (Å²) in [6.45, 7) is 7.51. The average Bonchev–Trinajstić information content (AvgIpc) is 2.56. The number of hydrogen-bond acceptors (Lipinski definition) is 1. The minimum absolute atomic E-state index is 1.06. The highest BCUT2D eigenvalue weighted by molar-refractivity contribution is 9.10. The van der Waals surface area contributed by atoms with Gasteiger partial charge in [0.2, 0.25) is 0 Å². The molecule has 0 fully saturated rings. The molecule has 0 aliphatic carbocycles. The van der Waals surface area contributed by atoms with Crippen LogP contribution >= 0.6 is 15.9 Å². The predicted molar refractivity (Wildman–Crippen MR) is 77.4 cm³/mol. The summed E-state index contributed by atoms with van der Waals surface area (Å²) in [5, 5.41) is 4.53. The molecule has 1 rings (SSSR count). The first-order chi connectivity index (χ1) is 8.16. The molecule has 0 bridgehead atoms. The van der Waals surface area contributed by atoms with E-state index in [1.165, 1.54) is 55.1 Å². The average molecular weight is 301 g/mol. The molecule has 1 aromatic rings. The van der Waals surface area contributed by atoms with Gasteiger partial charge in [-0.05, 0) is 36.2 Å². The third-order valence-corrected chi connectivity index (χ3v) is 4.41. The Morgan fingerprint density at radius 2 is 1.59 bits per heavy atom. The number of hydrogen-bond donors (Lipinski definition) is 0. The maximum atomic E-state index is 4.53. The molecule has 3 heteroatoms. The molecule has 0 saturated carbocycles. The van der Waals surface area contributed by atoms with Crippen LogP contribution in [0, 0.1) is 13.8 Å². The van der Waals surface area contributed by atoms with Gasteiger partial charge in [0, 0.05) is 12.2 Å². The molecule has 0 N–H and O–H groups in total. The highest BCUT2D eigenvalue weighted by Crippen LogP contribution is 2.20. The minimum Gasteiger partial charge on any atom is -0.268 e. The van der Waals surface area contributed by atoms with Crippen LogP contribution in [0.3, 0.4) is 0 Å². The van der Waals surface area contributed by atoms with Gasteiger partial charge in [-0.15, -0.1) is 0 Å². The zero-order valence-corrected chi connectivity index (χ0v) is 13.0. The van der Waals surface area contributed by atoms with Crippen LogP contribution in [0.1, 0.15) is 63.3 Å². The van der Waals surface area contributed by atoms with E-state index in [-0.39, 0.29) is 0 Å². The Kier molecular flexibility index (Phi) is 6.86. The van der Waals surface area contributed by atoms with Crippen molar-refractivity contribution < 1.29 is 0 Å². The lowest BCUT2D eigenvalue weighted by Crippen LogP contribution is -2.02. The standard InChI is InChI=1S/C14H25BrN2/c1-4-5-6-7-8-9-10-11-17-13(3)14(15)12(2)16-17/h4-11H2,1-3H3. The number of aryl methyl sites for hydroxylation is 2. The van der Waals surface area contributed by atoms with Gasteiger partial charge >= 0.3 is 0 Å². The Balaban J connectivity index is 2.16. The van der Waals surface area contributed by atoms with Crippen LogP contribution < -0.4 is 0 Å². The van der Waals surface area contributed by atoms with Crippen LogP contribution in [0.15, 0.2) is 4.47 Å². The third kappa shape index (κ3) is 4.82. The van der Waals surface area contributed by atoms with E-state index in [1.807, 2.05) is 0 Å². The Bertz CT molecular complexity index is 331. The maximum absolute atomic E-state index is 4.53. The molecule has 0 saturated heterocycles. The van der Waals surface area contributed by atoms with Crippen molar-refractivity contribution in [2.75, 3.05) is 0 Å². The van der Waals surface area contributed by atoms with Crippen molar-refractivity contribution in [3.63, 3.8) is 0 Å². The van der Waals surface area contributed by atoms with Crippen LogP contribution in [0.5, 0.6) is 0 Å². The summed E-state index contributed by atoms with van der Waals surface area (Å²) in [5.74, 6) is 0. The second-order valence-electron chi connectivity index (χ2n) is 4.83. The van der Waals surface area contributed by atoms with Crippen molar-refractivity contribution in [1.82, 2.24) is 9.78 Å². The van der Waals surface area contributed by atoms with E-state index in [0.29, 0.717) is 0 Å². The summed E-state index contributed by atoms with van der Waals surface area (Å²) < 4.78 is 3.30. The van der Waals surface area contributed by atoms with E-state index in [0.717, 1.165) is 12.2 Å². The lowest BCUT2D eigenvalue weighted by atomic mass is 10.1. The Labute approximate surface area is 114 Å². The fourth-order valence-corrected chi connectivity index (χ4v) is 2.40. The molecule has 0 atom stereocenters. The topological polar surface area (TPSA) is 17.8 Å². The molecule has 0 unspecified atom stereocenters. The summed E-state index contributed by atoms with van der Waals surface area (Å²) in [6.07, 6.45) is 9.49. The summed E-state index contributed by atoms with van der Waals surface area (Å²) in [4.78, 5) is 0. The van der Waals surface area contributed by atoms with Gasteiger partial charge in [-0.1, -0.05) is 45.4 Å². The normalized spacial score (nSPS) is 11.1. The van der Waals surface area contributed by atoms with Crippen molar-refractivity contribution in [1.29, 1.82) is 0 Å². The van der Waals surface area contributed by atoms with Crippen LogP contribution in [0.25, 0.3) is 0 Å². The molecule has 0 radical (unpaired) electrons. The summed E-state index contributed by atoms with van der Waals surface area (Å²) in [7, 11) is 0. The Morgan fingerprint density at radius 1 is 1.00 bits per heavy atom. The number of rotatable bonds is 8. The Hall–Kier alpha value is -0.310. The van der Waals surface area contributed by atoms with Gasteiger partial charge in [0.1, 0.15) is 0 Å². The SMILES string of the molecule is CCCCCCCCCn1nc(C)c(Br)c1C. The molecule has 0 amide bonds. The zero-order chi connectivity index (χ0) is 12.7. The molecular weight excluding hydrogens is 276 g/mol. The number of nitrogens with zero attached hydrogens (tertiary/aromatic N) is 2. The fraction of sp³-hybridized carbons (Fsp3) is 0.786. The fourth-order valence-electron chi connectivity index (χ4n) is 2.11. The largest absolute Gasteiger partial charge is 0.268 e. The lowest BCUT2D eigenvalue weighted by Gasteiger charge is -2.04. The summed E-state index contributed by atoms with van der Waals surface area (Å²) in [5.41, 5.74) is 2.36. The number of aromatic nitrogens is 2. The third-order valence-electron chi connectivity index (χ3n) is 3.27. The van der Waals surface area contributed by atoms with E-state index < -0.39 is 0 Å². The van der Waals surface area contributed by atoms with Crippen molar-refractivity contribution in [2.45, 2.75) is 72.3 Å². The van der Waals surface area contributed by atoms with E-state index >= 15 is 0 Å². The predicted octanol–water partition coefficient (Wildman–Crippen LogP) is 5.01. The van der Waals surface area contributed by atoms with Crippen LogP contribution in [0.4, 0.5) is 0 Å². The van der Waals surface area contributed by atoms with Crippen molar-refractivity contribution >= 4 is 15.9 Å². The summed E-state index contributed by atoms with van der Waals surface area (Å²) in [6, 6.07) is 0. The molecule has 0 spiro atoms. The van der Waals surface area contributed by atoms with Crippen molar-refractivity contribution in [3.8, 4) is 0 Å². The molecule has 2 nitrogen and oxygen atoms in total. The first-order valence-corrected chi connectivity index (χ1v) is 7.65. The first kappa shape index (κ1) is 14.7. The molecule has 0 aliphatic heterocycles. The number of unbranched alkanes of at least 4 members (excludes halogenated alkanes) is 6. The quantitative estimate of drug-likeness (QED) is 0.617. The Morgan fingerprint density at radius 3 is 2.12 bits per heavy atom. The molecular formula is C14H25BrN2. The lowest BCUT2D eigenvalue weighted by molar-refractivity contribution is 0.514. The molecule has 0 aliphatic rings. The molecule has 98 valence electrons. The highest BCUT2D eigenvalue weighted by atomic mass is 79.9. The van der Waals surface area contributed by atoms with Gasteiger partial charge in [0.15, 0.2) is 0 Å². The summed E-state index contributed by atoms with van der Waals surface area (Å²) >= 11 is 3.57. The molecule has 17 heavy (non-hydrogen) atoms. The van der Waals surface area contributed by atoms with E-state index in [9.17, 15) is 0 Å². The molecule has 1 aromatic heterocycles. The van der Waals surface area contributed by atoms with Crippen LogP contribution in [0.2, 0.25) is 0 Å². The smallest absolute Gasteiger partial charge is 0.0738 e. The molecule has 1 heterocycles. The van der Waals surface area contributed by atoms with E-state index in [2.05, 4.69) is 46.5 Å². The monoisotopic (exact) mass is 300 g/mol. The minimum atomic E-state index is 1.06. The van der Waals surface area contributed by atoms with Crippen LogP contribution in [-0.4, -0.2) is 9.78 Å². The molecule has 0 aromatic carbocycles. The van der Waals surface area contributed by atoms with Crippen molar-refractivity contribution in [2.24, 2.45) is 0 Å². The van der Waals surface area contributed by atoms with Crippen molar-refractivity contribution in [3.05, 3.63) is 15.9 Å². The second-order valence-corrected chi connectivity index (χ2v) is 5.62. The zero-order valence-electron chi connectivity index (χ0n) is 11.4. The highest BCUT2D eigenvalue weighted by Gasteiger charge is 2.07. The second kappa shape index (κ2) is 7.91. The van der Waals surface area contributed by atoms with Gasteiger partial charge in [0.25, 0.3) is 0 Å². The van der Waals surface area contributed by atoms with E-state index in [1.54, 1.807) is 0 Å². The van der Waals surface area contributed by atoms with Gasteiger partial charge in [-0.25, -0.2) is 0 Å². The van der Waals surface area contributed by atoms with Crippen LogP contribution in [-0.2, 0) is 6.54 Å². The van der Waals surface area contributed by atoms with Gasteiger partial charge in [-0.3, -0.25) is 4.68 Å². The van der Waals surface area contributed by atoms with Gasteiger partial charge in [0.05, 0.1) is 10.2 Å². The number of halogens is 1. The van der Waals surface area contributed by atoms with E-state index in [4.69, 9.17) is 0 Å². The first-order valence-electron chi connectivity index (χ1n) is 6.86. The maximum Gasteiger partial charge on any atom is 0.0738 e.